The van der Waals surface area contributed by atoms with Crippen LogP contribution < -0.4 is 0 Å². The molecule has 0 aliphatic rings. The molecule has 0 spiro atoms. The van der Waals surface area contributed by atoms with Crippen LogP contribution in [0.3, 0.4) is 0 Å². The van der Waals surface area contributed by atoms with Gasteiger partial charge in [-0.1, -0.05) is 97.1 Å². The average molecular weight is 264 g/mol. The Morgan fingerprint density at radius 1 is 0.737 bits per heavy atom. The second-order valence-electron chi connectivity index (χ2n) is 5.93. The molecular formula is C19H36. The molecular weight excluding hydrogens is 228 g/mol. The Labute approximate surface area is 123 Å². The van der Waals surface area contributed by atoms with E-state index in [4.69, 9.17) is 0 Å². The van der Waals surface area contributed by atoms with E-state index >= 15 is 0 Å². The van der Waals surface area contributed by atoms with E-state index in [9.17, 15) is 0 Å². The highest BCUT2D eigenvalue weighted by molar-refractivity contribution is 4.83. The van der Waals surface area contributed by atoms with Crippen LogP contribution in [-0.4, -0.2) is 0 Å². The van der Waals surface area contributed by atoms with Crippen LogP contribution in [0.25, 0.3) is 0 Å². The normalized spacial score (nSPS) is 13.2. The van der Waals surface area contributed by atoms with E-state index in [-0.39, 0.29) is 0 Å². The first kappa shape index (κ1) is 18.7. The summed E-state index contributed by atoms with van der Waals surface area (Å²) in [6.07, 6.45) is 21.8. The van der Waals surface area contributed by atoms with Crippen molar-refractivity contribution in [3.8, 4) is 0 Å². The second kappa shape index (κ2) is 15.8. The third-order valence-corrected chi connectivity index (χ3v) is 3.77. The van der Waals surface area contributed by atoms with Gasteiger partial charge in [0.15, 0.2) is 0 Å². The lowest BCUT2D eigenvalue weighted by Crippen LogP contribution is -1.92. The Morgan fingerprint density at radius 3 is 2.00 bits per heavy atom. The molecule has 0 saturated heterocycles. The molecule has 0 aliphatic carbocycles. The van der Waals surface area contributed by atoms with Crippen molar-refractivity contribution in [2.45, 2.75) is 90.4 Å². The van der Waals surface area contributed by atoms with Crippen LogP contribution in [0.4, 0.5) is 0 Å². The number of unbranched alkanes of at least 4 members (excludes halogenated alkanes) is 9. The summed E-state index contributed by atoms with van der Waals surface area (Å²) in [5, 5.41) is 0. The zero-order valence-corrected chi connectivity index (χ0v) is 13.3. The first-order chi connectivity index (χ1) is 9.31. The lowest BCUT2D eigenvalue weighted by molar-refractivity contribution is 0.488. The maximum Gasteiger partial charge on any atom is -0.0325 e. The summed E-state index contributed by atoms with van der Waals surface area (Å²) in [4.78, 5) is 0. The lowest BCUT2D eigenvalue weighted by Gasteiger charge is -2.08. The lowest BCUT2D eigenvalue weighted by atomic mass is 9.98. The molecule has 1 unspecified atom stereocenters. The third-order valence-electron chi connectivity index (χ3n) is 3.77. The Morgan fingerprint density at radius 2 is 1.32 bits per heavy atom. The Kier molecular flexibility index (Phi) is 15.6. The second-order valence-corrected chi connectivity index (χ2v) is 5.93. The highest BCUT2D eigenvalue weighted by Gasteiger charge is 1.99. The molecule has 19 heavy (non-hydrogen) atoms. The fourth-order valence-electron chi connectivity index (χ4n) is 2.38. The highest BCUT2D eigenvalue weighted by atomic mass is 14.0. The number of rotatable bonds is 14. The summed E-state index contributed by atoms with van der Waals surface area (Å²) in [7, 11) is 0. The van der Waals surface area contributed by atoms with Gasteiger partial charge in [0.2, 0.25) is 0 Å². The van der Waals surface area contributed by atoms with Gasteiger partial charge in [-0.15, -0.1) is 0 Å². The van der Waals surface area contributed by atoms with Gasteiger partial charge in [-0.05, 0) is 25.2 Å². The monoisotopic (exact) mass is 264 g/mol. The van der Waals surface area contributed by atoms with Crippen molar-refractivity contribution < 1.29 is 0 Å². The molecule has 0 aromatic carbocycles. The standard InChI is InChI=1S/C19H36/c1-4-6-8-10-12-14-16-18-19(3)17-15-13-11-9-7-5-2/h14,16,19H,1-2,4-13,15,17-18H2,3H3. The summed E-state index contributed by atoms with van der Waals surface area (Å²) in [6.45, 7) is 10.2. The highest BCUT2D eigenvalue weighted by Crippen LogP contribution is 2.15. The molecule has 0 aromatic heterocycles. The van der Waals surface area contributed by atoms with Crippen LogP contribution in [0.2, 0.25) is 0 Å². The van der Waals surface area contributed by atoms with Gasteiger partial charge in [-0.2, -0.15) is 0 Å². The van der Waals surface area contributed by atoms with E-state index in [2.05, 4.69) is 32.9 Å². The topological polar surface area (TPSA) is 0 Å². The van der Waals surface area contributed by atoms with Crippen molar-refractivity contribution in [3.05, 3.63) is 26.0 Å². The molecule has 0 heterocycles. The van der Waals surface area contributed by atoms with Gasteiger partial charge in [0.05, 0.1) is 0 Å². The molecule has 0 N–H and O–H groups in total. The Balaban J connectivity index is 3.24. The summed E-state index contributed by atoms with van der Waals surface area (Å²) in [6, 6.07) is 0. The van der Waals surface area contributed by atoms with Crippen LogP contribution in [0, 0.1) is 19.8 Å². The Bertz CT molecular complexity index is 180. The van der Waals surface area contributed by atoms with Crippen molar-refractivity contribution in [2.24, 2.45) is 5.92 Å². The van der Waals surface area contributed by atoms with Crippen molar-refractivity contribution in [1.29, 1.82) is 0 Å². The number of hydrogen-bond acceptors (Lipinski definition) is 0. The number of hydrogen-bond donors (Lipinski definition) is 0. The smallest absolute Gasteiger partial charge is 0.0325 e. The SMILES string of the molecule is [CH2]CCCCCC=CCC(C)CCCCCCC[CH2]. The first-order valence-corrected chi connectivity index (χ1v) is 8.54. The van der Waals surface area contributed by atoms with Crippen LogP contribution in [-0.2, 0) is 0 Å². The van der Waals surface area contributed by atoms with E-state index in [0.29, 0.717) is 0 Å². The van der Waals surface area contributed by atoms with Gasteiger partial charge in [0, 0.05) is 0 Å². The van der Waals surface area contributed by atoms with Crippen molar-refractivity contribution in [1.82, 2.24) is 0 Å². The van der Waals surface area contributed by atoms with Crippen LogP contribution >= 0.6 is 0 Å². The van der Waals surface area contributed by atoms with Crippen LogP contribution in [0.1, 0.15) is 90.4 Å². The van der Waals surface area contributed by atoms with Gasteiger partial charge >= 0.3 is 0 Å². The third kappa shape index (κ3) is 15.7. The molecule has 0 heteroatoms. The maximum absolute atomic E-state index is 3.89. The molecule has 0 rings (SSSR count). The largest absolute Gasteiger partial charge is 0.0885 e. The summed E-state index contributed by atoms with van der Waals surface area (Å²) in [5.74, 6) is 0.865. The molecule has 0 fully saturated rings. The molecule has 0 saturated carbocycles. The minimum atomic E-state index is 0.865. The maximum atomic E-state index is 3.89. The minimum Gasteiger partial charge on any atom is -0.0885 e. The van der Waals surface area contributed by atoms with Gasteiger partial charge in [0.25, 0.3) is 0 Å². The van der Waals surface area contributed by atoms with Gasteiger partial charge in [-0.3, -0.25) is 0 Å². The molecule has 0 aliphatic heterocycles. The molecule has 0 nitrogen and oxygen atoms in total. The van der Waals surface area contributed by atoms with Crippen LogP contribution in [0.15, 0.2) is 12.2 Å². The molecule has 0 amide bonds. The van der Waals surface area contributed by atoms with Crippen molar-refractivity contribution >= 4 is 0 Å². The molecule has 0 aromatic rings. The van der Waals surface area contributed by atoms with Gasteiger partial charge in [-0.25, -0.2) is 0 Å². The summed E-state index contributed by atoms with van der Waals surface area (Å²) in [5.41, 5.74) is 0. The van der Waals surface area contributed by atoms with E-state index in [0.717, 1.165) is 18.8 Å². The van der Waals surface area contributed by atoms with Crippen LogP contribution in [0.5, 0.6) is 0 Å². The molecule has 1 atom stereocenters. The minimum absolute atomic E-state index is 0.865. The summed E-state index contributed by atoms with van der Waals surface area (Å²) < 4.78 is 0. The van der Waals surface area contributed by atoms with E-state index in [1.807, 2.05) is 0 Å². The average Bonchev–Trinajstić information content (AvgIpc) is 2.41. The van der Waals surface area contributed by atoms with Crippen molar-refractivity contribution in [2.75, 3.05) is 0 Å². The quantitative estimate of drug-likeness (QED) is 0.236. The number of allylic oxidation sites excluding steroid dienone is 2. The zero-order chi connectivity index (χ0) is 14.2. The van der Waals surface area contributed by atoms with E-state index in [1.165, 1.54) is 70.6 Å². The fourth-order valence-corrected chi connectivity index (χ4v) is 2.38. The molecule has 112 valence electrons. The van der Waals surface area contributed by atoms with Gasteiger partial charge < -0.3 is 0 Å². The van der Waals surface area contributed by atoms with E-state index in [1.54, 1.807) is 0 Å². The summed E-state index contributed by atoms with van der Waals surface area (Å²) >= 11 is 0. The Hall–Kier alpha value is -0.260. The predicted octanol–water partition coefficient (Wildman–Crippen LogP) is 6.92. The van der Waals surface area contributed by atoms with Gasteiger partial charge in [0.1, 0.15) is 0 Å². The van der Waals surface area contributed by atoms with Crippen molar-refractivity contribution in [3.63, 3.8) is 0 Å². The zero-order valence-electron chi connectivity index (χ0n) is 13.3. The first-order valence-electron chi connectivity index (χ1n) is 8.54. The molecule has 0 bridgehead atoms. The fraction of sp³-hybridized carbons (Fsp3) is 0.789. The van der Waals surface area contributed by atoms with E-state index < -0.39 is 0 Å². The molecule has 2 radical (unpaired) electrons. The predicted molar refractivity (Wildman–Crippen MR) is 89.0 cm³/mol.